The molecule has 1 aromatic rings. The van der Waals surface area contributed by atoms with Gasteiger partial charge in [0.15, 0.2) is 0 Å². The molecule has 0 amide bonds. The summed E-state index contributed by atoms with van der Waals surface area (Å²) in [6, 6.07) is 4.10. The Hall–Kier alpha value is -0.870. The van der Waals surface area contributed by atoms with Crippen molar-refractivity contribution in [2.45, 2.75) is 19.0 Å². The van der Waals surface area contributed by atoms with E-state index in [-0.39, 0.29) is 18.1 Å². The summed E-state index contributed by atoms with van der Waals surface area (Å²) in [6.07, 6.45) is 0. The molecule has 0 saturated carbocycles. The molecule has 1 saturated heterocycles. The van der Waals surface area contributed by atoms with Crippen molar-refractivity contribution >= 4 is 17.3 Å². The fourth-order valence-electron chi connectivity index (χ4n) is 1.29. The van der Waals surface area contributed by atoms with E-state index in [4.69, 9.17) is 4.74 Å². The lowest BCUT2D eigenvalue weighted by molar-refractivity contribution is -0.142. The summed E-state index contributed by atoms with van der Waals surface area (Å²) in [5.41, 5.74) is 0. The molecule has 2 heterocycles. The van der Waals surface area contributed by atoms with Gasteiger partial charge in [0.1, 0.15) is 6.04 Å². The summed E-state index contributed by atoms with van der Waals surface area (Å²) >= 11 is 1.66. The van der Waals surface area contributed by atoms with Crippen LogP contribution >= 0.6 is 11.3 Å². The minimum atomic E-state index is -0.138. The van der Waals surface area contributed by atoms with Crippen molar-refractivity contribution in [3.05, 3.63) is 22.4 Å². The van der Waals surface area contributed by atoms with Crippen LogP contribution in [0.1, 0.15) is 17.8 Å². The predicted molar refractivity (Wildman–Crippen MR) is 50.6 cm³/mol. The van der Waals surface area contributed by atoms with Crippen molar-refractivity contribution in [2.24, 2.45) is 0 Å². The van der Waals surface area contributed by atoms with E-state index >= 15 is 0 Å². The molecule has 2 atom stereocenters. The SMILES string of the molecule is CCOC(=O)[C@H]1N[C@@H]1c1cccs1. The van der Waals surface area contributed by atoms with Crippen LogP contribution in [0.5, 0.6) is 0 Å². The van der Waals surface area contributed by atoms with E-state index in [2.05, 4.69) is 5.32 Å². The van der Waals surface area contributed by atoms with Gasteiger partial charge in [-0.1, -0.05) is 6.07 Å². The Morgan fingerprint density at radius 2 is 2.62 bits per heavy atom. The zero-order valence-corrected chi connectivity index (χ0v) is 8.14. The number of hydrogen-bond donors (Lipinski definition) is 1. The first kappa shape index (κ1) is 8.72. The highest BCUT2D eigenvalue weighted by molar-refractivity contribution is 7.10. The zero-order valence-electron chi connectivity index (χ0n) is 7.32. The average molecular weight is 197 g/mol. The molecule has 0 aliphatic carbocycles. The van der Waals surface area contributed by atoms with Crippen LogP contribution in [0.25, 0.3) is 0 Å². The molecule has 70 valence electrons. The van der Waals surface area contributed by atoms with Crippen LogP contribution in [0, 0.1) is 0 Å². The largest absolute Gasteiger partial charge is 0.465 e. The maximum Gasteiger partial charge on any atom is 0.325 e. The van der Waals surface area contributed by atoms with Crippen molar-refractivity contribution in [1.29, 1.82) is 0 Å². The third kappa shape index (κ3) is 1.73. The van der Waals surface area contributed by atoms with Crippen LogP contribution in [-0.4, -0.2) is 18.6 Å². The fraction of sp³-hybridized carbons (Fsp3) is 0.444. The molecule has 0 unspecified atom stereocenters. The number of esters is 1. The van der Waals surface area contributed by atoms with Crippen LogP contribution in [0.4, 0.5) is 0 Å². The lowest BCUT2D eigenvalue weighted by Gasteiger charge is -1.96. The standard InChI is InChI=1S/C9H11NO2S/c1-2-12-9(11)8-7(10-8)6-4-3-5-13-6/h3-5,7-8,10H,2H2,1H3/t7-,8+/m1/s1. The average Bonchev–Trinajstić information content (AvgIpc) is 2.74. The summed E-state index contributed by atoms with van der Waals surface area (Å²) in [7, 11) is 0. The summed E-state index contributed by atoms with van der Waals surface area (Å²) in [4.78, 5) is 12.4. The van der Waals surface area contributed by atoms with Crippen molar-refractivity contribution in [2.75, 3.05) is 6.61 Å². The summed E-state index contributed by atoms with van der Waals surface area (Å²) < 4.78 is 4.90. The van der Waals surface area contributed by atoms with Gasteiger partial charge in [-0.3, -0.25) is 10.1 Å². The van der Waals surface area contributed by atoms with Gasteiger partial charge in [-0.2, -0.15) is 0 Å². The first-order valence-corrected chi connectivity index (χ1v) is 5.17. The lowest BCUT2D eigenvalue weighted by Crippen LogP contribution is -2.13. The summed E-state index contributed by atoms with van der Waals surface area (Å²) in [5, 5.41) is 5.10. The third-order valence-electron chi connectivity index (χ3n) is 1.97. The summed E-state index contributed by atoms with van der Waals surface area (Å²) in [5.74, 6) is -0.138. The molecule has 1 N–H and O–H groups in total. The monoisotopic (exact) mass is 197 g/mol. The molecule has 0 aromatic carbocycles. The molecule has 1 aromatic heterocycles. The van der Waals surface area contributed by atoms with Gasteiger partial charge in [0, 0.05) is 4.88 Å². The molecule has 13 heavy (non-hydrogen) atoms. The van der Waals surface area contributed by atoms with E-state index in [1.807, 2.05) is 24.4 Å². The number of thiophene rings is 1. The second-order valence-corrected chi connectivity index (χ2v) is 3.87. The van der Waals surface area contributed by atoms with Crippen LogP contribution in [-0.2, 0) is 9.53 Å². The number of nitrogens with one attached hydrogen (secondary N) is 1. The fourth-order valence-corrected chi connectivity index (χ4v) is 2.11. The second kappa shape index (κ2) is 3.47. The van der Waals surface area contributed by atoms with Crippen molar-refractivity contribution in [3.8, 4) is 0 Å². The van der Waals surface area contributed by atoms with Crippen molar-refractivity contribution in [3.63, 3.8) is 0 Å². The quantitative estimate of drug-likeness (QED) is 0.587. The van der Waals surface area contributed by atoms with E-state index in [0.29, 0.717) is 6.61 Å². The second-order valence-electron chi connectivity index (χ2n) is 2.89. The van der Waals surface area contributed by atoms with Gasteiger partial charge in [0.2, 0.25) is 0 Å². The molecule has 1 aliphatic rings. The Labute approximate surface area is 80.7 Å². The number of hydrogen-bond acceptors (Lipinski definition) is 4. The van der Waals surface area contributed by atoms with Gasteiger partial charge in [0.05, 0.1) is 12.6 Å². The normalized spacial score (nSPS) is 25.6. The van der Waals surface area contributed by atoms with E-state index in [9.17, 15) is 4.79 Å². The molecule has 0 radical (unpaired) electrons. The van der Waals surface area contributed by atoms with Gasteiger partial charge < -0.3 is 4.74 Å². The minimum absolute atomic E-state index is 0.112. The molecule has 2 rings (SSSR count). The number of rotatable bonds is 3. The molecule has 3 nitrogen and oxygen atoms in total. The first-order chi connectivity index (χ1) is 6.33. The number of carbonyl (C=O) groups excluding carboxylic acids is 1. The van der Waals surface area contributed by atoms with Gasteiger partial charge >= 0.3 is 5.97 Å². The molecular weight excluding hydrogens is 186 g/mol. The number of carbonyl (C=O) groups is 1. The van der Waals surface area contributed by atoms with E-state index in [1.165, 1.54) is 4.88 Å². The first-order valence-electron chi connectivity index (χ1n) is 4.29. The summed E-state index contributed by atoms with van der Waals surface area (Å²) in [6.45, 7) is 2.27. The van der Waals surface area contributed by atoms with E-state index in [1.54, 1.807) is 11.3 Å². The third-order valence-corrected chi connectivity index (χ3v) is 2.93. The van der Waals surface area contributed by atoms with Gasteiger partial charge in [-0.15, -0.1) is 11.3 Å². The Morgan fingerprint density at radius 1 is 1.77 bits per heavy atom. The Morgan fingerprint density at radius 3 is 3.23 bits per heavy atom. The van der Waals surface area contributed by atoms with Crippen molar-refractivity contribution in [1.82, 2.24) is 5.32 Å². The van der Waals surface area contributed by atoms with Crippen LogP contribution in [0.15, 0.2) is 17.5 Å². The Bertz CT molecular complexity index is 297. The highest BCUT2D eigenvalue weighted by Gasteiger charge is 2.45. The highest BCUT2D eigenvalue weighted by atomic mass is 32.1. The van der Waals surface area contributed by atoms with Crippen molar-refractivity contribution < 1.29 is 9.53 Å². The molecule has 1 fully saturated rings. The Balaban J connectivity index is 1.92. The smallest absolute Gasteiger partial charge is 0.325 e. The number of ether oxygens (including phenoxy) is 1. The van der Waals surface area contributed by atoms with Gasteiger partial charge in [0.25, 0.3) is 0 Å². The molecule has 0 bridgehead atoms. The molecule has 1 aliphatic heterocycles. The van der Waals surface area contributed by atoms with Crippen LogP contribution < -0.4 is 5.32 Å². The van der Waals surface area contributed by atoms with Crippen LogP contribution in [0.2, 0.25) is 0 Å². The molecular formula is C9H11NO2S. The van der Waals surface area contributed by atoms with Gasteiger partial charge in [-0.25, -0.2) is 0 Å². The van der Waals surface area contributed by atoms with E-state index < -0.39 is 0 Å². The maximum atomic E-state index is 11.2. The molecule has 4 heteroatoms. The minimum Gasteiger partial charge on any atom is -0.465 e. The van der Waals surface area contributed by atoms with Crippen LogP contribution in [0.3, 0.4) is 0 Å². The predicted octanol–water partition coefficient (Wildman–Crippen LogP) is 1.32. The zero-order chi connectivity index (χ0) is 9.26. The lowest BCUT2D eigenvalue weighted by atomic mass is 10.3. The maximum absolute atomic E-state index is 11.2. The molecule has 0 spiro atoms. The van der Waals surface area contributed by atoms with E-state index in [0.717, 1.165) is 0 Å². The Kier molecular flexibility index (Phi) is 2.33. The highest BCUT2D eigenvalue weighted by Crippen LogP contribution is 2.33. The van der Waals surface area contributed by atoms with Gasteiger partial charge in [-0.05, 0) is 18.4 Å². The topological polar surface area (TPSA) is 48.2 Å².